The zero-order valence-corrected chi connectivity index (χ0v) is 9.12. The first-order valence-corrected chi connectivity index (χ1v) is 5.18. The Morgan fingerprint density at radius 2 is 2.21 bits per heavy atom. The van der Waals surface area contributed by atoms with Gasteiger partial charge in [-0.3, -0.25) is 0 Å². The lowest BCUT2D eigenvalue weighted by Crippen LogP contribution is -2.42. The largest absolute Gasteiger partial charge is 0.369 e. The number of benzene rings is 1. The quantitative estimate of drug-likeness (QED) is 0.730. The van der Waals surface area contributed by atoms with Crippen molar-refractivity contribution in [3.63, 3.8) is 0 Å². The van der Waals surface area contributed by atoms with Crippen molar-refractivity contribution in [3.05, 3.63) is 29.3 Å². The van der Waals surface area contributed by atoms with Gasteiger partial charge in [-0.2, -0.15) is 0 Å². The van der Waals surface area contributed by atoms with Crippen molar-refractivity contribution in [1.82, 2.24) is 0 Å². The van der Waals surface area contributed by atoms with Gasteiger partial charge in [-0.15, -0.1) is 0 Å². The van der Waals surface area contributed by atoms with Gasteiger partial charge in [0.1, 0.15) is 0 Å². The molecule has 1 aromatic carbocycles. The van der Waals surface area contributed by atoms with Crippen LogP contribution in [0.5, 0.6) is 0 Å². The van der Waals surface area contributed by atoms with Gasteiger partial charge in [0.25, 0.3) is 0 Å². The smallest absolute Gasteiger partial charge is 0.0476 e. The third-order valence-corrected chi connectivity index (χ3v) is 3.28. The summed E-state index contributed by atoms with van der Waals surface area (Å²) in [6, 6.07) is 7.17. The summed E-state index contributed by atoms with van der Waals surface area (Å²) in [7, 11) is 2.14. The first-order valence-electron chi connectivity index (χ1n) is 5.18. The molecule has 0 fully saturated rings. The van der Waals surface area contributed by atoms with Crippen LogP contribution in [0.25, 0.3) is 0 Å². The van der Waals surface area contributed by atoms with Crippen LogP contribution in [0, 0.1) is 6.92 Å². The van der Waals surface area contributed by atoms with E-state index >= 15 is 0 Å². The second-order valence-electron chi connectivity index (χ2n) is 4.31. The molecule has 76 valence electrons. The monoisotopic (exact) mass is 190 g/mol. The molecule has 1 aliphatic heterocycles. The molecule has 0 amide bonds. The number of nitrogens with two attached hydrogens (primary N) is 1. The maximum absolute atomic E-state index is 5.98. The molecule has 0 bridgehead atoms. The fourth-order valence-electron chi connectivity index (χ4n) is 2.35. The van der Waals surface area contributed by atoms with E-state index in [9.17, 15) is 0 Å². The summed E-state index contributed by atoms with van der Waals surface area (Å²) in [5.74, 6) is 0. The average Bonchev–Trinajstić information content (AvgIpc) is 2.46. The van der Waals surface area contributed by atoms with Crippen molar-refractivity contribution < 1.29 is 0 Å². The van der Waals surface area contributed by atoms with Gasteiger partial charge in [0.2, 0.25) is 0 Å². The lowest BCUT2D eigenvalue weighted by molar-refractivity contribution is 0.556. The number of nitrogens with zero attached hydrogens (tertiary/aromatic N) is 1. The van der Waals surface area contributed by atoms with Gasteiger partial charge in [0, 0.05) is 24.8 Å². The Balaban J connectivity index is 2.40. The van der Waals surface area contributed by atoms with Crippen molar-refractivity contribution in [1.29, 1.82) is 0 Å². The Morgan fingerprint density at radius 1 is 1.50 bits per heavy atom. The molecule has 0 saturated heterocycles. The van der Waals surface area contributed by atoms with Crippen molar-refractivity contribution in [2.45, 2.75) is 32.4 Å². The number of aryl methyl sites for hydroxylation is 1. The molecule has 2 rings (SSSR count). The van der Waals surface area contributed by atoms with Gasteiger partial charge in [-0.05, 0) is 37.5 Å². The van der Waals surface area contributed by atoms with Gasteiger partial charge in [0.05, 0.1) is 0 Å². The van der Waals surface area contributed by atoms with E-state index in [1.165, 1.54) is 16.8 Å². The summed E-state index contributed by atoms with van der Waals surface area (Å²) >= 11 is 0. The molecular weight excluding hydrogens is 172 g/mol. The summed E-state index contributed by atoms with van der Waals surface area (Å²) in [6.45, 7) is 4.26. The minimum absolute atomic E-state index is 0.229. The molecule has 0 saturated carbocycles. The van der Waals surface area contributed by atoms with Gasteiger partial charge in [0.15, 0.2) is 0 Å². The number of hydrogen-bond donors (Lipinski definition) is 1. The van der Waals surface area contributed by atoms with E-state index in [2.05, 4.69) is 44.0 Å². The zero-order chi connectivity index (χ0) is 10.3. The molecule has 0 aliphatic carbocycles. The Bertz CT molecular complexity index is 344. The highest BCUT2D eigenvalue weighted by Gasteiger charge is 2.29. The van der Waals surface area contributed by atoms with E-state index in [0.29, 0.717) is 6.04 Å². The van der Waals surface area contributed by atoms with Crippen LogP contribution < -0.4 is 10.6 Å². The minimum Gasteiger partial charge on any atom is -0.369 e. The van der Waals surface area contributed by atoms with Gasteiger partial charge in [-0.25, -0.2) is 0 Å². The topological polar surface area (TPSA) is 29.3 Å². The van der Waals surface area contributed by atoms with Crippen LogP contribution in [0.4, 0.5) is 5.69 Å². The molecule has 1 heterocycles. The maximum atomic E-state index is 5.98. The predicted molar refractivity (Wildman–Crippen MR) is 60.7 cm³/mol. The van der Waals surface area contributed by atoms with Crippen LogP contribution >= 0.6 is 0 Å². The molecule has 0 radical (unpaired) electrons. The third-order valence-electron chi connectivity index (χ3n) is 3.28. The number of likely N-dealkylation sites (N-methyl/N-ethyl adjacent to an activating group) is 1. The van der Waals surface area contributed by atoms with E-state index in [-0.39, 0.29) is 6.04 Å². The maximum Gasteiger partial charge on any atom is 0.0476 e. The molecule has 2 heteroatoms. The molecule has 14 heavy (non-hydrogen) atoms. The minimum atomic E-state index is 0.229. The number of rotatable bonds is 1. The summed E-state index contributed by atoms with van der Waals surface area (Å²) < 4.78 is 0. The molecule has 1 aliphatic rings. The Kier molecular flexibility index (Phi) is 2.23. The molecule has 2 nitrogen and oxygen atoms in total. The van der Waals surface area contributed by atoms with E-state index < -0.39 is 0 Å². The summed E-state index contributed by atoms with van der Waals surface area (Å²) in [5.41, 5.74) is 10.2. The molecular formula is C12H18N2. The van der Waals surface area contributed by atoms with Gasteiger partial charge in [-0.1, -0.05) is 12.1 Å². The highest BCUT2D eigenvalue weighted by molar-refractivity contribution is 5.61. The van der Waals surface area contributed by atoms with Crippen LogP contribution in [-0.2, 0) is 6.42 Å². The van der Waals surface area contributed by atoms with Crippen LogP contribution in [0.15, 0.2) is 18.2 Å². The van der Waals surface area contributed by atoms with Crippen molar-refractivity contribution in [3.8, 4) is 0 Å². The van der Waals surface area contributed by atoms with Gasteiger partial charge < -0.3 is 10.6 Å². The van der Waals surface area contributed by atoms with Crippen LogP contribution in [0.1, 0.15) is 18.1 Å². The van der Waals surface area contributed by atoms with E-state index in [0.717, 1.165) is 6.42 Å². The first kappa shape index (κ1) is 9.53. The lowest BCUT2D eigenvalue weighted by atomic mass is 10.0. The number of fused-ring (bicyclic) bond motifs is 1. The van der Waals surface area contributed by atoms with Crippen LogP contribution in [0.3, 0.4) is 0 Å². The second kappa shape index (κ2) is 3.28. The van der Waals surface area contributed by atoms with Crippen molar-refractivity contribution in [2.75, 3.05) is 11.9 Å². The Labute approximate surface area is 85.7 Å². The van der Waals surface area contributed by atoms with Crippen molar-refractivity contribution in [2.24, 2.45) is 5.73 Å². The zero-order valence-electron chi connectivity index (χ0n) is 9.12. The van der Waals surface area contributed by atoms with E-state index in [1.54, 1.807) is 0 Å². The third kappa shape index (κ3) is 1.30. The Morgan fingerprint density at radius 3 is 2.79 bits per heavy atom. The lowest BCUT2D eigenvalue weighted by Gasteiger charge is -2.25. The predicted octanol–water partition coefficient (Wildman–Crippen LogP) is 1.70. The number of hydrogen-bond acceptors (Lipinski definition) is 2. The highest BCUT2D eigenvalue weighted by Crippen LogP contribution is 2.33. The first-order chi connectivity index (χ1) is 6.61. The SMILES string of the molecule is Cc1cccc2c1CC(C(C)N)N2C. The average molecular weight is 190 g/mol. The molecule has 0 spiro atoms. The van der Waals surface area contributed by atoms with Gasteiger partial charge >= 0.3 is 0 Å². The van der Waals surface area contributed by atoms with Crippen molar-refractivity contribution >= 4 is 5.69 Å². The summed E-state index contributed by atoms with van der Waals surface area (Å²) in [4.78, 5) is 2.31. The fourth-order valence-corrected chi connectivity index (χ4v) is 2.35. The Hall–Kier alpha value is -1.02. The molecule has 0 aromatic heterocycles. The fraction of sp³-hybridized carbons (Fsp3) is 0.500. The number of anilines is 1. The molecule has 1 aromatic rings. The standard InChI is InChI=1S/C12H18N2/c1-8-5-4-6-11-10(8)7-12(9(2)13)14(11)3/h4-6,9,12H,7,13H2,1-3H3. The highest BCUT2D eigenvalue weighted by atomic mass is 15.2. The second-order valence-corrected chi connectivity index (χ2v) is 4.31. The normalized spacial score (nSPS) is 22.3. The summed E-state index contributed by atoms with van der Waals surface area (Å²) in [5, 5.41) is 0. The molecule has 2 atom stereocenters. The van der Waals surface area contributed by atoms with E-state index in [4.69, 9.17) is 5.73 Å². The van der Waals surface area contributed by atoms with Crippen LogP contribution in [0.2, 0.25) is 0 Å². The molecule has 2 N–H and O–H groups in total. The van der Waals surface area contributed by atoms with E-state index in [1.807, 2.05) is 0 Å². The van der Waals surface area contributed by atoms with Crippen LogP contribution in [-0.4, -0.2) is 19.1 Å². The molecule has 2 unspecified atom stereocenters. The summed E-state index contributed by atoms with van der Waals surface area (Å²) in [6.07, 6.45) is 1.09.